The van der Waals surface area contributed by atoms with Crippen LogP contribution in [0.5, 0.6) is 0 Å². The number of rotatable bonds is 48. The zero-order chi connectivity index (χ0) is 50.0. The maximum absolute atomic E-state index is 12.8. The summed E-state index contributed by atoms with van der Waals surface area (Å²) in [4.78, 5) is 38.1. The molecule has 388 valence electrons. The van der Waals surface area contributed by atoms with Crippen LogP contribution in [0, 0.1) is 0 Å². The van der Waals surface area contributed by atoms with Crippen molar-refractivity contribution in [1.82, 2.24) is 0 Å². The van der Waals surface area contributed by atoms with Crippen molar-refractivity contribution in [1.29, 1.82) is 0 Å². The molecule has 0 aromatic heterocycles. The molecule has 6 heteroatoms. The minimum absolute atomic E-state index is 0.118. The van der Waals surface area contributed by atoms with E-state index in [0.717, 1.165) is 116 Å². The first-order valence-electron chi connectivity index (χ1n) is 27.7. The molecule has 0 saturated carbocycles. The van der Waals surface area contributed by atoms with E-state index in [-0.39, 0.29) is 44.0 Å². The lowest BCUT2D eigenvalue weighted by molar-refractivity contribution is -0.166. The Balaban J connectivity index is 4.58. The summed E-state index contributed by atoms with van der Waals surface area (Å²) in [6, 6.07) is 0. The van der Waals surface area contributed by atoms with Crippen molar-refractivity contribution in [3.8, 4) is 0 Å². The number of carbonyl (C=O) groups excluding carboxylic acids is 3. The van der Waals surface area contributed by atoms with Crippen molar-refractivity contribution >= 4 is 17.9 Å². The van der Waals surface area contributed by atoms with Crippen molar-refractivity contribution in [2.75, 3.05) is 13.2 Å². The van der Waals surface area contributed by atoms with Crippen molar-refractivity contribution in [3.63, 3.8) is 0 Å². The summed E-state index contributed by atoms with van der Waals surface area (Å²) >= 11 is 0. The molecule has 6 nitrogen and oxygen atoms in total. The standard InChI is InChI=1S/C63H100O6/c1-4-7-10-13-16-19-22-25-28-30-31-33-35-38-41-44-47-50-53-56-62(65)68-59-60(58-67-61(64)55-52-49-46-43-40-37-34-27-24-21-18-15-12-9-6-3)69-63(66)57-54-51-48-45-42-39-36-32-29-26-23-20-17-14-11-8-5-2/h7-8,10-11,16-17,19-21,24-26,28-29,31,33,36,38-39,41,47,50,60H,4-6,9,12-15,18,22-23,27,30,32,34-35,37,40,42-46,48-49,51-59H2,1-3H3/b10-7-,11-8-,19-16-,20-17-,24-21-,28-25-,29-26-,33-31-,39-36-,41-38-,50-47-/t60-/m0/s1. The van der Waals surface area contributed by atoms with Gasteiger partial charge in [-0.3, -0.25) is 14.4 Å². The second-order valence-corrected chi connectivity index (χ2v) is 17.7. The smallest absolute Gasteiger partial charge is 0.306 e. The predicted molar refractivity (Wildman–Crippen MR) is 297 cm³/mol. The van der Waals surface area contributed by atoms with Crippen LogP contribution in [-0.4, -0.2) is 37.2 Å². The molecule has 69 heavy (non-hydrogen) atoms. The average Bonchev–Trinajstić information content (AvgIpc) is 3.35. The van der Waals surface area contributed by atoms with Gasteiger partial charge in [0, 0.05) is 19.3 Å². The molecule has 0 bridgehead atoms. The van der Waals surface area contributed by atoms with E-state index in [1.54, 1.807) is 0 Å². The molecule has 0 heterocycles. The Kier molecular flexibility index (Phi) is 52.5. The fourth-order valence-electron chi connectivity index (χ4n) is 7.04. The Morgan fingerprint density at radius 3 is 0.986 bits per heavy atom. The van der Waals surface area contributed by atoms with Crippen molar-refractivity contribution in [2.24, 2.45) is 0 Å². The van der Waals surface area contributed by atoms with Gasteiger partial charge in [-0.25, -0.2) is 0 Å². The summed E-state index contributed by atoms with van der Waals surface area (Å²) in [6.45, 7) is 6.30. The third kappa shape index (κ3) is 54.4. The van der Waals surface area contributed by atoms with Crippen molar-refractivity contribution in [3.05, 3.63) is 134 Å². The maximum Gasteiger partial charge on any atom is 0.306 e. The first-order chi connectivity index (χ1) is 34.0. The lowest BCUT2D eigenvalue weighted by atomic mass is 10.1. The number of hydrogen-bond donors (Lipinski definition) is 0. The molecule has 0 aliphatic heterocycles. The predicted octanol–water partition coefficient (Wildman–Crippen LogP) is 18.6. The van der Waals surface area contributed by atoms with Gasteiger partial charge in [0.05, 0.1) is 0 Å². The largest absolute Gasteiger partial charge is 0.462 e. The van der Waals surface area contributed by atoms with Gasteiger partial charge in [-0.1, -0.05) is 219 Å². The van der Waals surface area contributed by atoms with Crippen LogP contribution in [0.3, 0.4) is 0 Å². The monoisotopic (exact) mass is 953 g/mol. The quantitative estimate of drug-likeness (QED) is 0.0262. The summed E-state index contributed by atoms with van der Waals surface area (Å²) in [7, 11) is 0. The molecule has 0 saturated heterocycles. The van der Waals surface area contributed by atoms with E-state index in [1.807, 2.05) is 12.2 Å². The van der Waals surface area contributed by atoms with E-state index in [1.165, 1.54) is 64.2 Å². The van der Waals surface area contributed by atoms with Gasteiger partial charge in [0.1, 0.15) is 13.2 Å². The minimum atomic E-state index is -0.828. The highest BCUT2D eigenvalue weighted by atomic mass is 16.6. The first kappa shape index (κ1) is 64.5. The summed E-state index contributed by atoms with van der Waals surface area (Å²) in [5, 5.41) is 0. The average molecular weight is 953 g/mol. The van der Waals surface area contributed by atoms with Crippen LogP contribution < -0.4 is 0 Å². The topological polar surface area (TPSA) is 78.9 Å². The molecule has 0 fully saturated rings. The normalized spacial score (nSPS) is 13.1. The molecule has 0 unspecified atom stereocenters. The Morgan fingerprint density at radius 2 is 0.594 bits per heavy atom. The van der Waals surface area contributed by atoms with Crippen LogP contribution in [0.25, 0.3) is 0 Å². The fraction of sp³-hybridized carbons (Fsp3) is 0.603. The van der Waals surface area contributed by atoms with Gasteiger partial charge in [-0.05, 0) is 122 Å². The molecular formula is C63H100O6. The highest BCUT2D eigenvalue weighted by Gasteiger charge is 2.19. The zero-order valence-corrected chi connectivity index (χ0v) is 44.3. The molecule has 0 rings (SSSR count). The molecule has 0 amide bonds. The fourth-order valence-corrected chi connectivity index (χ4v) is 7.04. The second kappa shape index (κ2) is 56.1. The first-order valence-corrected chi connectivity index (χ1v) is 27.7. The van der Waals surface area contributed by atoms with Gasteiger partial charge in [-0.15, -0.1) is 0 Å². The lowest BCUT2D eigenvalue weighted by Gasteiger charge is -2.18. The Morgan fingerprint density at radius 1 is 0.304 bits per heavy atom. The second-order valence-electron chi connectivity index (χ2n) is 17.7. The third-order valence-corrected chi connectivity index (χ3v) is 11.1. The Bertz CT molecular complexity index is 1510. The summed E-state index contributed by atoms with van der Waals surface area (Å²) in [6.07, 6.45) is 78.7. The van der Waals surface area contributed by atoms with Gasteiger partial charge in [0.25, 0.3) is 0 Å². The van der Waals surface area contributed by atoms with Crippen LogP contribution in [0.4, 0.5) is 0 Å². The van der Waals surface area contributed by atoms with E-state index in [0.29, 0.717) is 12.8 Å². The lowest BCUT2D eigenvalue weighted by Crippen LogP contribution is -2.30. The highest BCUT2D eigenvalue weighted by molar-refractivity contribution is 5.71. The van der Waals surface area contributed by atoms with Gasteiger partial charge in [0.15, 0.2) is 6.10 Å². The summed E-state index contributed by atoms with van der Waals surface area (Å²) in [5.74, 6) is -1.04. The molecule has 0 spiro atoms. The number of carbonyl (C=O) groups is 3. The minimum Gasteiger partial charge on any atom is -0.462 e. The number of allylic oxidation sites excluding steroid dienone is 22. The molecule has 0 aromatic rings. The number of hydrogen-bond acceptors (Lipinski definition) is 6. The molecule has 0 radical (unpaired) electrons. The van der Waals surface area contributed by atoms with Gasteiger partial charge >= 0.3 is 17.9 Å². The van der Waals surface area contributed by atoms with Crippen LogP contribution >= 0.6 is 0 Å². The number of ether oxygens (including phenoxy) is 3. The molecule has 0 aromatic carbocycles. The third-order valence-electron chi connectivity index (χ3n) is 11.1. The molecule has 1 atom stereocenters. The van der Waals surface area contributed by atoms with E-state index in [9.17, 15) is 14.4 Å². The maximum atomic E-state index is 12.8. The van der Waals surface area contributed by atoms with Crippen molar-refractivity contribution in [2.45, 2.75) is 232 Å². The molecule has 0 aliphatic rings. The van der Waals surface area contributed by atoms with Crippen LogP contribution in [0.1, 0.15) is 226 Å². The van der Waals surface area contributed by atoms with E-state index < -0.39 is 6.10 Å². The Labute approximate surface area is 424 Å². The van der Waals surface area contributed by atoms with Gasteiger partial charge < -0.3 is 14.2 Å². The molecular weight excluding hydrogens is 853 g/mol. The molecule has 0 N–H and O–H groups in total. The van der Waals surface area contributed by atoms with E-state index >= 15 is 0 Å². The van der Waals surface area contributed by atoms with E-state index in [4.69, 9.17) is 14.2 Å². The van der Waals surface area contributed by atoms with Crippen LogP contribution in [-0.2, 0) is 28.6 Å². The van der Waals surface area contributed by atoms with Gasteiger partial charge in [-0.2, -0.15) is 0 Å². The SMILES string of the molecule is CC/C=C\C/C=C\C/C=C\C/C=C\C/C=C\C/C=C\CCC(=O)OC[C@H](COC(=O)CCCCCCCCC/C=C\CCCCCC)OC(=O)CCCCCC/C=C\C/C=C\C/C=C\C/C=C\CC. The highest BCUT2D eigenvalue weighted by Crippen LogP contribution is 2.13. The summed E-state index contributed by atoms with van der Waals surface area (Å²) < 4.78 is 16.8. The van der Waals surface area contributed by atoms with Crippen LogP contribution in [0.2, 0.25) is 0 Å². The van der Waals surface area contributed by atoms with E-state index in [2.05, 4.69) is 142 Å². The van der Waals surface area contributed by atoms with Gasteiger partial charge in [0.2, 0.25) is 0 Å². The van der Waals surface area contributed by atoms with Crippen LogP contribution in [0.15, 0.2) is 134 Å². The van der Waals surface area contributed by atoms with Crippen molar-refractivity contribution < 1.29 is 28.6 Å². The number of esters is 3. The molecule has 0 aliphatic carbocycles. The zero-order valence-electron chi connectivity index (χ0n) is 44.3. The Hall–Kier alpha value is -4.45. The summed E-state index contributed by atoms with van der Waals surface area (Å²) in [5.41, 5.74) is 0. The number of unbranched alkanes of at least 4 members (excludes halogenated alkanes) is 15.